The van der Waals surface area contributed by atoms with Gasteiger partial charge in [0.25, 0.3) is 0 Å². The van der Waals surface area contributed by atoms with Gasteiger partial charge >= 0.3 is 5.97 Å². The first-order valence-corrected chi connectivity index (χ1v) is 11.0. The summed E-state index contributed by atoms with van der Waals surface area (Å²) in [5.41, 5.74) is 3.46. The maximum atomic E-state index is 11.5. The molecule has 0 bridgehead atoms. The molecule has 1 heterocycles. The Morgan fingerprint density at radius 3 is 2.68 bits per heavy atom. The minimum atomic E-state index is -0.313. The van der Waals surface area contributed by atoms with Crippen LogP contribution in [0.1, 0.15) is 36.0 Å². The number of rotatable bonds is 7. The molecule has 160 valence electrons. The number of piperidine rings is 1. The second kappa shape index (κ2) is 10.4. The van der Waals surface area contributed by atoms with E-state index < -0.39 is 0 Å². The number of hydrogen-bond donors (Lipinski definition) is 1. The SMILES string of the molecule is CCOC(=O)C=Cc1ccc(C2CCNCC2OCc2ccc3ccccc3c2)cc1. The molecule has 1 saturated heterocycles. The van der Waals surface area contributed by atoms with Gasteiger partial charge in [-0.15, -0.1) is 0 Å². The van der Waals surface area contributed by atoms with Gasteiger partial charge in [0, 0.05) is 18.5 Å². The van der Waals surface area contributed by atoms with Gasteiger partial charge < -0.3 is 14.8 Å². The van der Waals surface area contributed by atoms with Crippen molar-refractivity contribution >= 4 is 22.8 Å². The lowest BCUT2D eigenvalue weighted by atomic mass is 9.87. The van der Waals surface area contributed by atoms with Gasteiger partial charge in [-0.2, -0.15) is 0 Å². The number of nitrogens with one attached hydrogen (secondary N) is 1. The van der Waals surface area contributed by atoms with Gasteiger partial charge in [-0.25, -0.2) is 4.79 Å². The van der Waals surface area contributed by atoms with E-state index in [1.54, 1.807) is 13.0 Å². The molecule has 2 unspecified atom stereocenters. The molecule has 0 radical (unpaired) electrons. The zero-order valence-corrected chi connectivity index (χ0v) is 17.9. The number of benzene rings is 3. The summed E-state index contributed by atoms with van der Waals surface area (Å²) in [6.07, 6.45) is 4.43. The average molecular weight is 416 g/mol. The van der Waals surface area contributed by atoms with Crippen molar-refractivity contribution in [3.8, 4) is 0 Å². The lowest BCUT2D eigenvalue weighted by Crippen LogP contribution is -2.40. The number of carbonyl (C=O) groups excluding carboxylic acids is 1. The van der Waals surface area contributed by atoms with Crippen molar-refractivity contribution in [2.24, 2.45) is 0 Å². The van der Waals surface area contributed by atoms with Gasteiger partial charge in [-0.3, -0.25) is 0 Å². The van der Waals surface area contributed by atoms with E-state index in [1.807, 2.05) is 12.1 Å². The number of esters is 1. The third kappa shape index (κ3) is 5.60. The van der Waals surface area contributed by atoms with E-state index in [-0.39, 0.29) is 12.1 Å². The highest BCUT2D eigenvalue weighted by molar-refractivity contribution is 5.87. The van der Waals surface area contributed by atoms with Crippen LogP contribution in [0.5, 0.6) is 0 Å². The molecular formula is C27H29NO3. The highest BCUT2D eigenvalue weighted by Gasteiger charge is 2.27. The van der Waals surface area contributed by atoms with Crippen molar-refractivity contribution in [3.63, 3.8) is 0 Å². The van der Waals surface area contributed by atoms with E-state index in [0.717, 1.165) is 25.1 Å². The van der Waals surface area contributed by atoms with Gasteiger partial charge in [0.05, 0.1) is 19.3 Å². The van der Waals surface area contributed by atoms with Crippen LogP contribution in [0, 0.1) is 0 Å². The zero-order chi connectivity index (χ0) is 21.5. The number of ether oxygens (including phenoxy) is 2. The number of hydrogen-bond acceptors (Lipinski definition) is 4. The predicted octanol–water partition coefficient (Wildman–Crippen LogP) is 5.08. The van der Waals surface area contributed by atoms with E-state index in [2.05, 4.69) is 59.9 Å². The first-order chi connectivity index (χ1) is 15.2. The summed E-state index contributed by atoms with van der Waals surface area (Å²) in [6.45, 7) is 4.64. The molecule has 1 fully saturated rings. The second-order valence-corrected chi connectivity index (χ2v) is 7.88. The summed E-state index contributed by atoms with van der Waals surface area (Å²) < 4.78 is 11.3. The molecule has 1 N–H and O–H groups in total. The molecule has 3 aromatic carbocycles. The Balaban J connectivity index is 1.41. The monoisotopic (exact) mass is 415 g/mol. The molecule has 3 aromatic rings. The zero-order valence-electron chi connectivity index (χ0n) is 17.9. The first-order valence-electron chi connectivity index (χ1n) is 11.0. The molecule has 4 heteroatoms. The summed E-state index contributed by atoms with van der Waals surface area (Å²) in [4.78, 5) is 11.5. The topological polar surface area (TPSA) is 47.6 Å². The van der Waals surface area contributed by atoms with E-state index in [9.17, 15) is 4.79 Å². The summed E-state index contributed by atoms with van der Waals surface area (Å²) in [7, 11) is 0. The van der Waals surface area contributed by atoms with Crippen LogP contribution >= 0.6 is 0 Å². The molecule has 1 aliphatic rings. The lowest BCUT2D eigenvalue weighted by molar-refractivity contribution is -0.137. The fourth-order valence-corrected chi connectivity index (χ4v) is 4.13. The van der Waals surface area contributed by atoms with Gasteiger partial charge in [0.2, 0.25) is 0 Å². The van der Waals surface area contributed by atoms with Gasteiger partial charge in [-0.05, 0) is 59.5 Å². The molecule has 4 rings (SSSR count). The lowest BCUT2D eigenvalue weighted by Gasteiger charge is -2.32. The highest BCUT2D eigenvalue weighted by atomic mass is 16.5. The summed E-state index contributed by atoms with van der Waals surface area (Å²) in [5.74, 6) is 0.0388. The van der Waals surface area contributed by atoms with Crippen molar-refractivity contribution in [2.75, 3.05) is 19.7 Å². The van der Waals surface area contributed by atoms with E-state index in [4.69, 9.17) is 9.47 Å². The van der Waals surface area contributed by atoms with Crippen molar-refractivity contribution in [2.45, 2.75) is 32.0 Å². The molecule has 2 atom stereocenters. The minimum absolute atomic E-state index is 0.126. The number of fused-ring (bicyclic) bond motifs is 1. The van der Waals surface area contributed by atoms with Crippen molar-refractivity contribution in [1.29, 1.82) is 0 Å². The molecular weight excluding hydrogens is 386 g/mol. The van der Waals surface area contributed by atoms with Crippen LogP contribution < -0.4 is 5.32 Å². The number of carbonyl (C=O) groups is 1. The Bertz CT molecular complexity index is 1040. The molecule has 0 aromatic heterocycles. The maximum Gasteiger partial charge on any atom is 0.330 e. The fraction of sp³-hybridized carbons (Fsp3) is 0.296. The average Bonchev–Trinajstić information content (AvgIpc) is 2.82. The standard InChI is InChI=1S/C27H29NO3/c1-2-30-27(29)14-10-20-7-12-23(13-8-20)25-15-16-28-18-26(25)31-19-21-9-11-22-5-3-4-6-24(22)17-21/h3-14,17,25-26,28H,2,15-16,18-19H2,1H3. The second-order valence-electron chi connectivity index (χ2n) is 7.88. The van der Waals surface area contributed by atoms with Gasteiger partial charge in [0.15, 0.2) is 0 Å². The molecule has 0 saturated carbocycles. The largest absolute Gasteiger partial charge is 0.463 e. The molecule has 1 aliphatic heterocycles. The van der Waals surface area contributed by atoms with Crippen LogP contribution in [0.3, 0.4) is 0 Å². The predicted molar refractivity (Wildman–Crippen MR) is 125 cm³/mol. The molecule has 0 amide bonds. The van der Waals surface area contributed by atoms with E-state index in [0.29, 0.717) is 19.1 Å². The first kappa shape index (κ1) is 21.3. The van der Waals surface area contributed by atoms with E-state index in [1.165, 1.54) is 28.0 Å². The third-order valence-electron chi connectivity index (χ3n) is 5.77. The van der Waals surface area contributed by atoms with Gasteiger partial charge in [-0.1, -0.05) is 60.7 Å². The quantitative estimate of drug-likeness (QED) is 0.432. The Morgan fingerprint density at radius 2 is 1.87 bits per heavy atom. The van der Waals surface area contributed by atoms with Crippen LogP contribution in [0.4, 0.5) is 0 Å². The van der Waals surface area contributed by atoms with Crippen LogP contribution in [-0.2, 0) is 20.9 Å². The summed E-state index contributed by atoms with van der Waals surface area (Å²) in [6, 6.07) is 23.3. The van der Waals surface area contributed by atoms with Crippen molar-refractivity contribution in [3.05, 3.63) is 89.5 Å². The Morgan fingerprint density at radius 1 is 1.06 bits per heavy atom. The summed E-state index contributed by atoms with van der Waals surface area (Å²) >= 11 is 0. The van der Waals surface area contributed by atoms with Crippen molar-refractivity contribution < 1.29 is 14.3 Å². The van der Waals surface area contributed by atoms with Gasteiger partial charge in [0.1, 0.15) is 0 Å². The summed E-state index contributed by atoms with van der Waals surface area (Å²) in [5, 5.41) is 5.96. The molecule has 0 spiro atoms. The van der Waals surface area contributed by atoms with Crippen LogP contribution in [0.15, 0.2) is 72.8 Å². The normalized spacial score (nSPS) is 19.0. The Labute approximate surface area is 183 Å². The minimum Gasteiger partial charge on any atom is -0.463 e. The van der Waals surface area contributed by atoms with Crippen molar-refractivity contribution in [1.82, 2.24) is 5.32 Å². The van der Waals surface area contributed by atoms with E-state index >= 15 is 0 Å². The van der Waals surface area contributed by atoms with Crippen LogP contribution in [-0.4, -0.2) is 31.8 Å². The molecule has 4 nitrogen and oxygen atoms in total. The highest BCUT2D eigenvalue weighted by Crippen LogP contribution is 2.29. The van der Waals surface area contributed by atoms with Crippen LogP contribution in [0.2, 0.25) is 0 Å². The maximum absolute atomic E-state index is 11.5. The van der Waals surface area contributed by atoms with Crippen LogP contribution in [0.25, 0.3) is 16.8 Å². The third-order valence-corrected chi connectivity index (χ3v) is 5.77. The smallest absolute Gasteiger partial charge is 0.330 e. The Kier molecular flexibility index (Phi) is 7.13. The molecule has 0 aliphatic carbocycles. The Hall–Kier alpha value is -2.95. The molecule has 31 heavy (non-hydrogen) atoms. The fourth-order valence-electron chi connectivity index (χ4n) is 4.13.